The van der Waals surface area contributed by atoms with E-state index in [0.29, 0.717) is 30.1 Å². The number of carbonyl (C=O) groups excluding carboxylic acids is 1. The molecule has 7 nitrogen and oxygen atoms in total. The number of likely N-dealkylation sites (tertiary alicyclic amines) is 1. The molecule has 3 aromatic rings. The van der Waals surface area contributed by atoms with Gasteiger partial charge in [0.15, 0.2) is 5.82 Å². The SMILES string of the molecule is Cc1ccc(F)c(C(=O)N2CCC[C@@H](C)[C@H]2CNc2ncc(C(F)(F)F)cn2)c1-c1ncccn1. The Morgan fingerprint density at radius 2 is 1.83 bits per heavy atom. The quantitative estimate of drug-likeness (QED) is 0.522. The van der Waals surface area contributed by atoms with Gasteiger partial charge in [-0.3, -0.25) is 4.79 Å². The monoisotopic (exact) mass is 488 g/mol. The molecule has 2 atom stereocenters. The highest BCUT2D eigenvalue weighted by Gasteiger charge is 2.35. The zero-order valence-electron chi connectivity index (χ0n) is 19.2. The minimum Gasteiger partial charge on any atom is -0.352 e. The second-order valence-corrected chi connectivity index (χ2v) is 8.55. The first-order valence-corrected chi connectivity index (χ1v) is 11.2. The number of amides is 1. The van der Waals surface area contributed by atoms with E-state index in [2.05, 4.69) is 25.3 Å². The van der Waals surface area contributed by atoms with Crippen molar-refractivity contribution in [2.24, 2.45) is 5.92 Å². The lowest BCUT2D eigenvalue weighted by molar-refractivity contribution is -0.138. The standard InChI is InChI=1S/C24H24F4N6O/c1-14-5-3-10-34(18(14)13-33-23-31-11-16(12-32-23)24(26,27)28)22(35)20-17(25)7-6-15(2)19(20)21-29-8-4-9-30-21/h4,6-9,11-12,14,18H,3,5,10,13H2,1-2H3,(H,31,32,33)/t14-,18-/m1/s1. The van der Waals surface area contributed by atoms with Crippen molar-refractivity contribution < 1.29 is 22.4 Å². The van der Waals surface area contributed by atoms with Gasteiger partial charge < -0.3 is 10.2 Å². The highest BCUT2D eigenvalue weighted by molar-refractivity contribution is 6.01. The van der Waals surface area contributed by atoms with Gasteiger partial charge in [0.2, 0.25) is 5.95 Å². The number of anilines is 1. The first kappa shape index (κ1) is 24.5. The lowest BCUT2D eigenvalue weighted by atomic mass is 9.89. The summed E-state index contributed by atoms with van der Waals surface area (Å²) in [7, 11) is 0. The van der Waals surface area contributed by atoms with Gasteiger partial charge in [-0.2, -0.15) is 13.2 Å². The van der Waals surface area contributed by atoms with Crippen LogP contribution in [0.4, 0.5) is 23.5 Å². The molecule has 184 valence electrons. The Labute approximate surface area is 199 Å². The molecule has 0 spiro atoms. The first-order valence-electron chi connectivity index (χ1n) is 11.2. The van der Waals surface area contributed by atoms with Crippen LogP contribution in [0, 0.1) is 18.7 Å². The highest BCUT2D eigenvalue weighted by Crippen LogP contribution is 2.32. The predicted octanol–water partition coefficient (Wildman–Crippen LogP) is 4.75. The Balaban J connectivity index is 1.61. The number of aromatic nitrogens is 4. The second-order valence-electron chi connectivity index (χ2n) is 8.55. The lowest BCUT2D eigenvalue weighted by Crippen LogP contribution is -2.51. The van der Waals surface area contributed by atoms with E-state index in [1.54, 1.807) is 24.0 Å². The summed E-state index contributed by atoms with van der Waals surface area (Å²) in [4.78, 5) is 31.3. The van der Waals surface area contributed by atoms with Crippen molar-refractivity contribution in [3.8, 4) is 11.4 Å². The molecule has 1 saturated heterocycles. The number of alkyl halides is 3. The number of aryl methyl sites for hydroxylation is 1. The lowest BCUT2D eigenvalue weighted by Gasteiger charge is -2.40. The van der Waals surface area contributed by atoms with Crippen LogP contribution in [0.1, 0.15) is 41.3 Å². The molecule has 2 aromatic heterocycles. The van der Waals surface area contributed by atoms with Crippen LogP contribution in [0.2, 0.25) is 0 Å². The summed E-state index contributed by atoms with van der Waals surface area (Å²) >= 11 is 0. The molecule has 0 bridgehead atoms. The topological polar surface area (TPSA) is 83.9 Å². The van der Waals surface area contributed by atoms with Crippen molar-refractivity contribution >= 4 is 11.9 Å². The maximum absolute atomic E-state index is 15.1. The van der Waals surface area contributed by atoms with Crippen molar-refractivity contribution in [3.05, 3.63) is 65.5 Å². The fourth-order valence-electron chi connectivity index (χ4n) is 4.32. The van der Waals surface area contributed by atoms with Crippen molar-refractivity contribution in [3.63, 3.8) is 0 Å². The number of halogens is 4. The zero-order chi connectivity index (χ0) is 25.2. The predicted molar refractivity (Wildman–Crippen MR) is 121 cm³/mol. The van der Waals surface area contributed by atoms with E-state index in [9.17, 15) is 18.0 Å². The van der Waals surface area contributed by atoms with E-state index in [0.717, 1.165) is 12.8 Å². The van der Waals surface area contributed by atoms with Crippen LogP contribution in [0.3, 0.4) is 0 Å². The average Bonchev–Trinajstić information content (AvgIpc) is 2.84. The Morgan fingerprint density at radius 3 is 2.49 bits per heavy atom. The summed E-state index contributed by atoms with van der Waals surface area (Å²) in [5.74, 6) is -0.827. The minimum atomic E-state index is -4.53. The molecule has 0 radical (unpaired) electrons. The Bertz CT molecular complexity index is 1190. The highest BCUT2D eigenvalue weighted by atomic mass is 19.4. The third-order valence-electron chi connectivity index (χ3n) is 6.19. The number of hydrogen-bond donors (Lipinski definition) is 1. The van der Waals surface area contributed by atoms with Crippen molar-refractivity contribution in [2.45, 2.75) is 38.9 Å². The van der Waals surface area contributed by atoms with Gasteiger partial charge in [-0.1, -0.05) is 13.0 Å². The van der Waals surface area contributed by atoms with Crippen LogP contribution < -0.4 is 5.32 Å². The maximum Gasteiger partial charge on any atom is 0.419 e. The van der Waals surface area contributed by atoms with Crippen molar-refractivity contribution in [2.75, 3.05) is 18.4 Å². The molecular formula is C24H24F4N6O. The summed E-state index contributed by atoms with van der Waals surface area (Å²) in [6.07, 6.45) is 1.52. The second kappa shape index (κ2) is 9.93. The normalized spacial score (nSPS) is 18.4. The number of rotatable bonds is 5. The summed E-state index contributed by atoms with van der Waals surface area (Å²) < 4.78 is 53.4. The van der Waals surface area contributed by atoms with Crippen molar-refractivity contribution in [1.82, 2.24) is 24.8 Å². The molecule has 0 aliphatic carbocycles. The van der Waals surface area contributed by atoms with E-state index in [-0.39, 0.29) is 35.8 Å². The summed E-state index contributed by atoms with van der Waals surface area (Å²) in [6.45, 7) is 4.35. The number of hydrogen-bond acceptors (Lipinski definition) is 6. The molecule has 4 rings (SSSR count). The number of carbonyl (C=O) groups is 1. The molecular weight excluding hydrogens is 464 g/mol. The van der Waals surface area contributed by atoms with Gasteiger partial charge in [0, 0.05) is 43.4 Å². The van der Waals surface area contributed by atoms with Gasteiger partial charge in [-0.05, 0) is 43.4 Å². The third kappa shape index (κ3) is 5.23. The van der Waals surface area contributed by atoms with Crippen LogP contribution >= 0.6 is 0 Å². The van der Waals surface area contributed by atoms with Crippen LogP contribution in [0.15, 0.2) is 43.0 Å². The van der Waals surface area contributed by atoms with Gasteiger partial charge in [0.25, 0.3) is 5.91 Å². The Hall–Kier alpha value is -3.63. The minimum absolute atomic E-state index is 0.0169. The molecule has 1 amide bonds. The molecule has 0 unspecified atom stereocenters. The van der Waals surface area contributed by atoms with E-state index in [1.807, 2.05) is 6.92 Å². The van der Waals surface area contributed by atoms with Crippen LogP contribution in [-0.4, -0.2) is 49.9 Å². The van der Waals surface area contributed by atoms with E-state index in [1.165, 1.54) is 18.5 Å². The molecule has 11 heteroatoms. The van der Waals surface area contributed by atoms with E-state index in [4.69, 9.17) is 0 Å². The van der Waals surface area contributed by atoms with E-state index < -0.39 is 23.5 Å². The smallest absolute Gasteiger partial charge is 0.352 e. The van der Waals surface area contributed by atoms with Crippen molar-refractivity contribution in [1.29, 1.82) is 0 Å². The molecule has 1 aliphatic heterocycles. The molecule has 1 fully saturated rings. The summed E-state index contributed by atoms with van der Waals surface area (Å²) in [5.41, 5.74) is -0.0389. The van der Waals surface area contributed by atoms with Gasteiger partial charge in [0.05, 0.1) is 17.2 Å². The Kier molecular flexibility index (Phi) is 6.95. The summed E-state index contributed by atoms with van der Waals surface area (Å²) in [6, 6.07) is 4.12. The van der Waals surface area contributed by atoms with Crippen LogP contribution in [0.25, 0.3) is 11.4 Å². The largest absolute Gasteiger partial charge is 0.419 e. The Morgan fingerprint density at radius 1 is 1.14 bits per heavy atom. The van der Waals surface area contributed by atoms with Gasteiger partial charge in [-0.15, -0.1) is 0 Å². The van der Waals surface area contributed by atoms with E-state index >= 15 is 4.39 Å². The third-order valence-corrected chi connectivity index (χ3v) is 6.19. The number of piperidine rings is 1. The molecule has 3 heterocycles. The van der Waals surface area contributed by atoms with Crippen LogP contribution in [-0.2, 0) is 6.18 Å². The number of benzene rings is 1. The first-order chi connectivity index (χ1) is 16.7. The number of nitrogens with zero attached hydrogens (tertiary/aromatic N) is 5. The van der Waals surface area contributed by atoms with Gasteiger partial charge in [0.1, 0.15) is 5.82 Å². The molecule has 1 aliphatic rings. The molecule has 0 saturated carbocycles. The van der Waals surface area contributed by atoms with Crippen LogP contribution in [0.5, 0.6) is 0 Å². The van der Waals surface area contributed by atoms with Gasteiger partial charge >= 0.3 is 6.18 Å². The molecule has 1 N–H and O–H groups in total. The number of nitrogens with one attached hydrogen (secondary N) is 1. The zero-order valence-corrected chi connectivity index (χ0v) is 19.2. The summed E-state index contributed by atoms with van der Waals surface area (Å²) in [5, 5.41) is 2.93. The fourth-order valence-corrected chi connectivity index (χ4v) is 4.32. The van der Waals surface area contributed by atoms with Gasteiger partial charge in [-0.25, -0.2) is 24.3 Å². The molecule has 35 heavy (non-hydrogen) atoms. The average molecular weight is 488 g/mol. The maximum atomic E-state index is 15.1. The molecule has 1 aromatic carbocycles. The fraction of sp³-hybridized carbons (Fsp3) is 0.375.